The zero-order chi connectivity index (χ0) is 21.4. The minimum absolute atomic E-state index is 0.150. The van der Waals surface area contributed by atoms with Gasteiger partial charge in [-0.05, 0) is 48.9 Å². The number of rotatable bonds is 5. The summed E-state index contributed by atoms with van der Waals surface area (Å²) in [6, 6.07) is 16.4. The SMILES string of the molecule is Cc1noc(C)c1COc1cc2ccccc2cc1C(=O)Oc1ccc2c(c1)OCO2. The minimum atomic E-state index is -0.529. The first-order chi connectivity index (χ1) is 15.1. The van der Waals surface area contributed by atoms with E-state index in [0.717, 1.165) is 22.0 Å². The third-order valence-corrected chi connectivity index (χ3v) is 5.18. The summed E-state index contributed by atoms with van der Waals surface area (Å²) in [6.07, 6.45) is 0. The van der Waals surface area contributed by atoms with Crippen molar-refractivity contribution < 1.29 is 28.3 Å². The van der Waals surface area contributed by atoms with Gasteiger partial charge in [-0.15, -0.1) is 0 Å². The monoisotopic (exact) mass is 417 g/mol. The van der Waals surface area contributed by atoms with Gasteiger partial charge in [-0.1, -0.05) is 29.4 Å². The molecule has 1 aliphatic heterocycles. The number of carbonyl (C=O) groups excluding carboxylic acids is 1. The predicted molar refractivity (Wildman–Crippen MR) is 112 cm³/mol. The van der Waals surface area contributed by atoms with E-state index in [1.165, 1.54) is 0 Å². The molecule has 156 valence electrons. The quantitative estimate of drug-likeness (QED) is 0.335. The van der Waals surface area contributed by atoms with Crippen LogP contribution in [0.5, 0.6) is 23.0 Å². The molecular formula is C24H19NO6. The molecule has 0 amide bonds. The molecule has 0 radical (unpaired) electrons. The number of aryl methyl sites for hydroxylation is 2. The molecule has 0 saturated heterocycles. The Morgan fingerprint density at radius 2 is 1.77 bits per heavy atom. The van der Waals surface area contributed by atoms with Gasteiger partial charge in [0.05, 0.1) is 11.3 Å². The predicted octanol–water partition coefficient (Wildman–Crippen LogP) is 4.97. The Hall–Kier alpha value is -4.00. The van der Waals surface area contributed by atoms with Gasteiger partial charge in [0.2, 0.25) is 6.79 Å². The average Bonchev–Trinajstić information content (AvgIpc) is 3.37. The zero-order valence-corrected chi connectivity index (χ0v) is 17.0. The topological polar surface area (TPSA) is 80.0 Å². The number of ether oxygens (including phenoxy) is 4. The van der Waals surface area contributed by atoms with Crippen LogP contribution in [0.3, 0.4) is 0 Å². The van der Waals surface area contributed by atoms with Gasteiger partial charge in [-0.2, -0.15) is 0 Å². The normalized spacial score (nSPS) is 12.2. The highest BCUT2D eigenvalue weighted by molar-refractivity contribution is 5.99. The van der Waals surface area contributed by atoms with Crippen LogP contribution in [-0.2, 0) is 6.61 Å². The van der Waals surface area contributed by atoms with E-state index in [2.05, 4.69) is 5.16 Å². The van der Waals surface area contributed by atoms with E-state index < -0.39 is 5.97 Å². The number of fused-ring (bicyclic) bond motifs is 2. The first kappa shape index (κ1) is 19.0. The molecule has 0 unspecified atom stereocenters. The fourth-order valence-electron chi connectivity index (χ4n) is 3.46. The Labute approximate surface area is 178 Å². The number of esters is 1. The van der Waals surface area contributed by atoms with Gasteiger partial charge >= 0.3 is 5.97 Å². The van der Waals surface area contributed by atoms with Gasteiger partial charge in [0.15, 0.2) is 11.5 Å². The Balaban J connectivity index is 1.47. The lowest BCUT2D eigenvalue weighted by atomic mass is 10.1. The van der Waals surface area contributed by atoms with Crippen molar-refractivity contribution in [2.24, 2.45) is 0 Å². The minimum Gasteiger partial charge on any atom is -0.488 e. The smallest absolute Gasteiger partial charge is 0.347 e. The number of hydrogen-bond donors (Lipinski definition) is 0. The van der Waals surface area contributed by atoms with Crippen LogP contribution < -0.4 is 18.9 Å². The summed E-state index contributed by atoms with van der Waals surface area (Å²) in [5.41, 5.74) is 1.93. The lowest BCUT2D eigenvalue weighted by Crippen LogP contribution is -2.11. The molecule has 0 N–H and O–H groups in total. The average molecular weight is 417 g/mol. The molecule has 0 fully saturated rings. The lowest BCUT2D eigenvalue weighted by molar-refractivity contribution is 0.0729. The Morgan fingerprint density at radius 3 is 2.55 bits per heavy atom. The van der Waals surface area contributed by atoms with Crippen LogP contribution in [0, 0.1) is 13.8 Å². The van der Waals surface area contributed by atoms with Crippen LogP contribution in [0.15, 0.2) is 59.1 Å². The first-order valence-electron chi connectivity index (χ1n) is 9.77. The first-order valence-corrected chi connectivity index (χ1v) is 9.77. The second kappa shape index (κ2) is 7.68. The molecule has 1 aromatic heterocycles. The Kier molecular flexibility index (Phi) is 4.71. The molecule has 0 atom stereocenters. The van der Waals surface area contributed by atoms with E-state index in [-0.39, 0.29) is 13.4 Å². The van der Waals surface area contributed by atoms with E-state index in [0.29, 0.717) is 34.3 Å². The van der Waals surface area contributed by atoms with Crippen LogP contribution >= 0.6 is 0 Å². The van der Waals surface area contributed by atoms with Gasteiger partial charge in [0, 0.05) is 6.07 Å². The fraction of sp³-hybridized carbons (Fsp3) is 0.167. The molecular weight excluding hydrogens is 398 g/mol. The molecule has 1 aliphatic rings. The molecule has 0 saturated carbocycles. The van der Waals surface area contributed by atoms with Gasteiger partial charge in [0.25, 0.3) is 0 Å². The Morgan fingerprint density at radius 1 is 1.00 bits per heavy atom. The third kappa shape index (κ3) is 3.66. The summed E-state index contributed by atoms with van der Waals surface area (Å²) in [6.45, 7) is 4.05. The number of carbonyl (C=O) groups is 1. The molecule has 31 heavy (non-hydrogen) atoms. The van der Waals surface area contributed by atoms with Crippen molar-refractivity contribution in [3.8, 4) is 23.0 Å². The Bertz CT molecular complexity index is 1270. The van der Waals surface area contributed by atoms with E-state index in [1.54, 1.807) is 24.3 Å². The van der Waals surface area contributed by atoms with E-state index >= 15 is 0 Å². The van der Waals surface area contributed by atoms with Crippen molar-refractivity contribution in [2.75, 3.05) is 6.79 Å². The highest BCUT2D eigenvalue weighted by Gasteiger charge is 2.20. The van der Waals surface area contributed by atoms with Gasteiger partial charge < -0.3 is 23.5 Å². The summed E-state index contributed by atoms with van der Waals surface area (Å²) in [5, 5.41) is 5.81. The molecule has 2 heterocycles. The third-order valence-electron chi connectivity index (χ3n) is 5.18. The van der Waals surface area contributed by atoms with Gasteiger partial charge in [0.1, 0.15) is 29.4 Å². The van der Waals surface area contributed by atoms with E-state index in [4.69, 9.17) is 23.5 Å². The maximum absolute atomic E-state index is 13.1. The second-order valence-electron chi connectivity index (χ2n) is 7.19. The number of hydrogen-bond acceptors (Lipinski definition) is 7. The molecule has 5 rings (SSSR count). The highest BCUT2D eigenvalue weighted by atomic mass is 16.7. The van der Waals surface area contributed by atoms with Crippen molar-refractivity contribution in [2.45, 2.75) is 20.5 Å². The number of nitrogens with zero attached hydrogens (tertiary/aromatic N) is 1. The van der Waals surface area contributed by atoms with E-state index in [9.17, 15) is 4.79 Å². The van der Waals surface area contributed by atoms with Crippen molar-refractivity contribution >= 4 is 16.7 Å². The number of aromatic nitrogens is 1. The largest absolute Gasteiger partial charge is 0.488 e. The van der Waals surface area contributed by atoms with Gasteiger partial charge in [-0.25, -0.2) is 4.79 Å². The second-order valence-corrected chi connectivity index (χ2v) is 7.19. The van der Waals surface area contributed by atoms with Crippen LogP contribution in [0.4, 0.5) is 0 Å². The van der Waals surface area contributed by atoms with E-state index in [1.807, 2.05) is 44.2 Å². The molecule has 0 spiro atoms. The summed E-state index contributed by atoms with van der Waals surface area (Å²) in [5.74, 6) is 2.09. The molecule has 4 aromatic rings. The van der Waals surface area contributed by atoms with Crippen molar-refractivity contribution in [3.63, 3.8) is 0 Å². The molecule has 0 bridgehead atoms. The molecule has 7 heteroatoms. The zero-order valence-electron chi connectivity index (χ0n) is 17.0. The molecule has 3 aromatic carbocycles. The maximum atomic E-state index is 13.1. The van der Waals surface area contributed by atoms with Crippen molar-refractivity contribution in [1.29, 1.82) is 0 Å². The fourth-order valence-corrected chi connectivity index (χ4v) is 3.46. The number of benzene rings is 3. The van der Waals surface area contributed by atoms with Crippen LogP contribution in [-0.4, -0.2) is 17.9 Å². The maximum Gasteiger partial charge on any atom is 0.347 e. The van der Waals surface area contributed by atoms with Crippen LogP contribution in [0.1, 0.15) is 27.4 Å². The summed E-state index contributed by atoms with van der Waals surface area (Å²) in [4.78, 5) is 13.1. The summed E-state index contributed by atoms with van der Waals surface area (Å²) >= 11 is 0. The summed E-state index contributed by atoms with van der Waals surface area (Å²) < 4.78 is 27.5. The highest BCUT2D eigenvalue weighted by Crippen LogP contribution is 2.36. The van der Waals surface area contributed by atoms with Crippen LogP contribution in [0.2, 0.25) is 0 Å². The van der Waals surface area contributed by atoms with Crippen molar-refractivity contribution in [1.82, 2.24) is 5.16 Å². The lowest BCUT2D eigenvalue weighted by Gasteiger charge is -2.13. The summed E-state index contributed by atoms with van der Waals surface area (Å²) in [7, 11) is 0. The standard InChI is InChI=1S/C24H19NO6/c1-14-20(15(2)31-25-14)12-27-22-10-17-6-4-3-5-16(17)9-19(22)24(26)30-18-7-8-21-23(11-18)29-13-28-21/h3-11H,12-13H2,1-2H3. The van der Waals surface area contributed by atoms with Gasteiger partial charge in [-0.3, -0.25) is 0 Å². The molecule has 0 aliphatic carbocycles. The molecule has 7 nitrogen and oxygen atoms in total. The van der Waals surface area contributed by atoms with Crippen LogP contribution in [0.25, 0.3) is 10.8 Å². The van der Waals surface area contributed by atoms with Crippen molar-refractivity contribution in [3.05, 3.63) is 77.2 Å².